The van der Waals surface area contributed by atoms with Crippen LogP contribution < -0.4 is 10.9 Å². The summed E-state index contributed by atoms with van der Waals surface area (Å²) in [6, 6.07) is 9.75. The van der Waals surface area contributed by atoms with E-state index in [1.807, 2.05) is 51.1 Å². The molecule has 0 atom stereocenters. The number of carbonyl (C=O) groups excluding carboxylic acids is 1. The lowest BCUT2D eigenvalue weighted by molar-refractivity contribution is -0.118. The highest BCUT2D eigenvalue weighted by Gasteiger charge is 2.18. The van der Waals surface area contributed by atoms with Crippen LogP contribution in [0.15, 0.2) is 40.3 Å². The number of amides is 1. The first-order chi connectivity index (χ1) is 13.0. The van der Waals surface area contributed by atoms with Gasteiger partial charge < -0.3 is 5.32 Å². The van der Waals surface area contributed by atoms with Crippen molar-refractivity contribution in [3.8, 4) is 0 Å². The molecular weight excluding hydrogens is 362 g/mol. The van der Waals surface area contributed by atoms with Crippen molar-refractivity contribution >= 4 is 28.7 Å². The topological polar surface area (TPSA) is 81.8 Å². The van der Waals surface area contributed by atoms with Crippen LogP contribution in [-0.4, -0.2) is 31.0 Å². The van der Waals surface area contributed by atoms with E-state index in [-0.39, 0.29) is 17.2 Å². The van der Waals surface area contributed by atoms with Crippen molar-refractivity contribution in [1.29, 1.82) is 0 Å². The van der Waals surface area contributed by atoms with Crippen LogP contribution >= 0.6 is 11.8 Å². The lowest BCUT2D eigenvalue weighted by Gasteiger charge is -2.10. The Balaban J connectivity index is 1.77. The van der Waals surface area contributed by atoms with E-state index in [9.17, 15) is 9.59 Å². The molecule has 1 amide bonds. The van der Waals surface area contributed by atoms with E-state index in [0.29, 0.717) is 35.8 Å². The Morgan fingerprint density at radius 3 is 2.59 bits per heavy atom. The van der Waals surface area contributed by atoms with E-state index < -0.39 is 0 Å². The van der Waals surface area contributed by atoms with E-state index in [4.69, 9.17) is 0 Å². The molecule has 0 saturated carbocycles. The van der Waals surface area contributed by atoms with Crippen molar-refractivity contribution in [3.05, 3.63) is 51.9 Å². The minimum atomic E-state index is -0.114. The maximum atomic E-state index is 12.9. The summed E-state index contributed by atoms with van der Waals surface area (Å²) in [5.74, 6) is 0.105. The van der Waals surface area contributed by atoms with Crippen LogP contribution in [0.2, 0.25) is 0 Å². The summed E-state index contributed by atoms with van der Waals surface area (Å²) in [4.78, 5) is 29.7. The van der Waals surface area contributed by atoms with Gasteiger partial charge in [-0.25, -0.2) is 4.98 Å². The maximum absolute atomic E-state index is 12.9. The zero-order valence-electron chi connectivity index (χ0n) is 15.7. The average Bonchev–Trinajstić information content (AvgIpc) is 3.01. The van der Waals surface area contributed by atoms with Crippen molar-refractivity contribution in [3.63, 3.8) is 0 Å². The zero-order chi connectivity index (χ0) is 19.4. The fourth-order valence-electron chi connectivity index (χ4n) is 2.88. The monoisotopic (exact) mass is 385 g/mol. The third-order valence-electron chi connectivity index (χ3n) is 4.26. The van der Waals surface area contributed by atoms with Gasteiger partial charge in [-0.1, -0.05) is 42.1 Å². The number of fused-ring (bicyclic) bond motifs is 1. The first kappa shape index (κ1) is 19.2. The molecule has 0 spiro atoms. The van der Waals surface area contributed by atoms with Crippen LogP contribution in [0.4, 0.5) is 0 Å². The Labute approximate surface area is 161 Å². The molecular formula is C19H23N5O2S. The van der Waals surface area contributed by atoms with Crippen LogP contribution in [0.1, 0.15) is 25.1 Å². The summed E-state index contributed by atoms with van der Waals surface area (Å²) < 4.78 is 3.29. The number of rotatable bonds is 7. The summed E-state index contributed by atoms with van der Waals surface area (Å²) in [5, 5.41) is 7.83. The molecule has 0 radical (unpaired) electrons. The number of thioether (sulfide) groups is 1. The molecule has 7 nitrogen and oxygen atoms in total. The van der Waals surface area contributed by atoms with Crippen molar-refractivity contribution < 1.29 is 4.79 Å². The molecule has 0 saturated heterocycles. The van der Waals surface area contributed by atoms with Gasteiger partial charge in [-0.05, 0) is 26.3 Å². The lowest BCUT2D eigenvalue weighted by Crippen LogP contribution is -2.27. The third-order valence-corrected chi connectivity index (χ3v) is 5.24. The Hall–Kier alpha value is -2.61. The van der Waals surface area contributed by atoms with E-state index >= 15 is 0 Å². The van der Waals surface area contributed by atoms with Crippen molar-refractivity contribution in [2.75, 3.05) is 5.75 Å². The number of hydrogen-bond acceptors (Lipinski definition) is 5. The van der Waals surface area contributed by atoms with Crippen LogP contribution in [0.25, 0.3) is 11.0 Å². The summed E-state index contributed by atoms with van der Waals surface area (Å²) in [6.07, 6.45) is 0. The first-order valence-corrected chi connectivity index (χ1v) is 9.95. The largest absolute Gasteiger partial charge is 0.351 e. The van der Waals surface area contributed by atoms with Gasteiger partial charge in [0, 0.05) is 19.6 Å². The molecule has 0 aliphatic carbocycles. The van der Waals surface area contributed by atoms with Gasteiger partial charge in [0.1, 0.15) is 5.52 Å². The van der Waals surface area contributed by atoms with Crippen LogP contribution in [-0.2, 0) is 24.4 Å². The van der Waals surface area contributed by atoms with Gasteiger partial charge in [0.15, 0.2) is 10.7 Å². The summed E-state index contributed by atoms with van der Waals surface area (Å²) in [6.45, 7) is 7.27. The predicted molar refractivity (Wildman–Crippen MR) is 107 cm³/mol. The highest BCUT2D eigenvalue weighted by Crippen LogP contribution is 2.19. The van der Waals surface area contributed by atoms with Gasteiger partial charge in [-0.15, -0.1) is 0 Å². The minimum Gasteiger partial charge on any atom is -0.351 e. The van der Waals surface area contributed by atoms with E-state index in [2.05, 4.69) is 15.4 Å². The SMILES string of the molecule is CCn1c(SCC(=O)NCc2ccccc2)nc2c(C)nn(CC)c2c1=O. The molecule has 0 bridgehead atoms. The normalized spacial score (nSPS) is 11.1. The van der Waals surface area contributed by atoms with Crippen LogP contribution in [0.3, 0.4) is 0 Å². The number of carbonyl (C=O) groups is 1. The van der Waals surface area contributed by atoms with Gasteiger partial charge in [-0.2, -0.15) is 5.10 Å². The third kappa shape index (κ3) is 4.05. The van der Waals surface area contributed by atoms with Gasteiger partial charge in [0.25, 0.3) is 5.56 Å². The van der Waals surface area contributed by atoms with Gasteiger partial charge in [0.2, 0.25) is 5.91 Å². The molecule has 2 heterocycles. The number of nitrogens with one attached hydrogen (secondary N) is 1. The molecule has 8 heteroatoms. The van der Waals surface area contributed by atoms with Crippen LogP contribution in [0, 0.1) is 6.92 Å². The second kappa shape index (κ2) is 8.39. The van der Waals surface area contributed by atoms with Crippen LogP contribution in [0.5, 0.6) is 0 Å². The number of hydrogen-bond donors (Lipinski definition) is 1. The fraction of sp³-hybridized carbons (Fsp3) is 0.368. The van der Waals surface area contributed by atoms with Crippen molar-refractivity contribution in [2.24, 2.45) is 0 Å². The van der Waals surface area contributed by atoms with Crippen molar-refractivity contribution in [1.82, 2.24) is 24.6 Å². The van der Waals surface area contributed by atoms with E-state index in [0.717, 1.165) is 11.3 Å². The van der Waals surface area contributed by atoms with Gasteiger partial charge in [-0.3, -0.25) is 18.8 Å². The molecule has 0 fully saturated rings. The second-order valence-corrected chi connectivity index (χ2v) is 7.04. The Kier molecular flexibility index (Phi) is 5.95. The molecule has 0 unspecified atom stereocenters. The Morgan fingerprint density at radius 2 is 1.93 bits per heavy atom. The van der Waals surface area contributed by atoms with Crippen molar-refractivity contribution in [2.45, 2.75) is 45.6 Å². The maximum Gasteiger partial charge on any atom is 0.280 e. The standard InChI is InChI=1S/C19H23N5O2S/c1-4-23-18(26)17-16(13(3)22-24(17)5-2)21-19(23)27-12-15(25)20-11-14-9-7-6-8-10-14/h6-10H,4-5,11-12H2,1-3H3,(H,20,25). The quantitative estimate of drug-likeness (QED) is 0.499. The lowest BCUT2D eigenvalue weighted by atomic mass is 10.2. The molecule has 3 aromatic rings. The molecule has 2 aromatic heterocycles. The number of nitrogens with zero attached hydrogens (tertiary/aromatic N) is 4. The highest BCUT2D eigenvalue weighted by atomic mass is 32.2. The summed E-state index contributed by atoms with van der Waals surface area (Å²) in [7, 11) is 0. The molecule has 0 aliphatic heterocycles. The smallest absolute Gasteiger partial charge is 0.280 e. The predicted octanol–water partition coefficient (Wildman–Crippen LogP) is 2.35. The van der Waals surface area contributed by atoms with Gasteiger partial charge >= 0.3 is 0 Å². The Bertz CT molecular complexity index is 1010. The van der Waals surface area contributed by atoms with E-state index in [1.165, 1.54) is 11.8 Å². The number of aryl methyl sites for hydroxylation is 2. The highest BCUT2D eigenvalue weighted by molar-refractivity contribution is 7.99. The number of benzene rings is 1. The van der Waals surface area contributed by atoms with E-state index in [1.54, 1.807) is 9.25 Å². The number of aromatic nitrogens is 4. The summed E-state index contributed by atoms with van der Waals surface area (Å²) >= 11 is 1.27. The molecule has 0 aliphatic rings. The summed E-state index contributed by atoms with van der Waals surface area (Å²) in [5.41, 5.74) is 2.79. The molecule has 1 N–H and O–H groups in total. The molecule has 1 aromatic carbocycles. The minimum absolute atomic E-state index is 0.0955. The molecule has 27 heavy (non-hydrogen) atoms. The second-order valence-electron chi connectivity index (χ2n) is 6.09. The average molecular weight is 385 g/mol. The molecule has 142 valence electrons. The Morgan fingerprint density at radius 1 is 1.19 bits per heavy atom. The zero-order valence-corrected chi connectivity index (χ0v) is 16.5. The fourth-order valence-corrected chi connectivity index (χ4v) is 3.77. The molecule has 3 rings (SSSR count). The first-order valence-electron chi connectivity index (χ1n) is 8.96. The van der Waals surface area contributed by atoms with Gasteiger partial charge in [0.05, 0.1) is 11.4 Å².